The SMILES string of the molecule is CC(=O)NCC(=O)N(C)c1ccc(S(N)(=O)=O)cc1. The number of nitrogens with zero attached hydrogens (tertiary/aromatic N) is 1. The Morgan fingerprint density at radius 2 is 1.79 bits per heavy atom. The summed E-state index contributed by atoms with van der Waals surface area (Å²) in [7, 11) is -2.22. The summed E-state index contributed by atoms with van der Waals surface area (Å²) in [5.41, 5.74) is 0.503. The molecule has 2 amide bonds. The fourth-order valence-corrected chi connectivity index (χ4v) is 1.84. The van der Waals surface area contributed by atoms with Crippen molar-refractivity contribution in [3.63, 3.8) is 0 Å². The first kappa shape index (κ1) is 15.1. The monoisotopic (exact) mass is 285 g/mol. The summed E-state index contributed by atoms with van der Waals surface area (Å²) < 4.78 is 22.2. The van der Waals surface area contributed by atoms with E-state index in [2.05, 4.69) is 5.32 Å². The molecule has 19 heavy (non-hydrogen) atoms. The van der Waals surface area contributed by atoms with Crippen LogP contribution in [0.3, 0.4) is 0 Å². The van der Waals surface area contributed by atoms with Gasteiger partial charge < -0.3 is 10.2 Å². The lowest BCUT2D eigenvalue weighted by molar-refractivity contribution is -0.123. The lowest BCUT2D eigenvalue weighted by Gasteiger charge is -2.17. The molecule has 0 saturated heterocycles. The molecule has 0 bridgehead atoms. The molecule has 8 heteroatoms. The van der Waals surface area contributed by atoms with Crippen LogP contribution in [0.25, 0.3) is 0 Å². The number of amides is 2. The third-order valence-corrected chi connectivity index (χ3v) is 3.34. The number of primary sulfonamides is 1. The summed E-state index contributed by atoms with van der Waals surface area (Å²) in [5, 5.41) is 7.35. The predicted molar refractivity (Wildman–Crippen MR) is 69.9 cm³/mol. The Morgan fingerprint density at radius 3 is 2.21 bits per heavy atom. The zero-order valence-corrected chi connectivity index (χ0v) is 11.4. The first-order valence-corrected chi connectivity index (χ1v) is 6.90. The van der Waals surface area contributed by atoms with Gasteiger partial charge in [0.2, 0.25) is 21.8 Å². The third kappa shape index (κ3) is 4.34. The zero-order valence-electron chi connectivity index (χ0n) is 10.6. The fraction of sp³-hybridized carbons (Fsp3) is 0.273. The maximum absolute atomic E-state index is 11.7. The molecule has 0 unspecified atom stereocenters. The summed E-state index contributed by atoms with van der Waals surface area (Å²) in [4.78, 5) is 23.7. The van der Waals surface area contributed by atoms with Crippen LogP contribution in [0.2, 0.25) is 0 Å². The van der Waals surface area contributed by atoms with Gasteiger partial charge in [0.05, 0.1) is 11.4 Å². The molecule has 0 saturated carbocycles. The maximum Gasteiger partial charge on any atom is 0.246 e. The molecule has 0 fully saturated rings. The molecule has 3 N–H and O–H groups in total. The Labute approximate surface area is 111 Å². The Balaban J connectivity index is 2.81. The highest BCUT2D eigenvalue weighted by Crippen LogP contribution is 2.16. The smallest absolute Gasteiger partial charge is 0.246 e. The van der Waals surface area contributed by atoms with Crippen molar-refractivity contribution < 1.29 is 18.0 Å². The van der Waals surface area contributed by atoms with Gasteiger partial charge in [-0.15, -0.1) is 0 Å². The number of nitrogens with one attached hydrogen (secondary N) is 1. The maximum atomic E-state index is 11.7. The van der Waals surface area contributed by atoms with Crippen LogP contribution in [0, 0.1) is 0 Å². The second-order valence-electron chi connectivity index (χ2n) is 3.90. The first-order chi connectivity index (χ1) is 8.71. The summed E-state index contributed by atoms with van der Waals surface area (Å²) >= 11 is 0. The van der Waals surface area contributed by atoms with E-state index in [4.69, 9.17) is 5.14 Å². The van der Waals surface area contributed by atoms with E-state index in [1.807, 2.05) is 0 Å². The molecule has 1 rings (SSSR count). The number of carbonyl (C=O) groups excluding carboxylic acids is 2. The van der Waals surface area contributed by atoms with Crippen LogP contribution < -0.4 is 15.4 Å². The van der Waals surface area contributed by atoms with Crippen molar-refractivity contribution in [2.75, 3.05) is 18.5 Å². The molecular weight excluding hydrogens is 270 g/mol. The number of sulfonamides is 1. The van der Waals surface area contributed by atoms with Crippen molar-refractivity contribution in [2.45, 2.75) is 11.8 Å². The quantitative estimate of drug-likeness (QED) is 0.772. The number of likely N-dealkylation sites (N-methyl/N-ethyl adjacent to an activating group) is 1. The summed E-state index contributed by atoms with van der Waals surface area (Å²) in [6.07, 6.45) is 0. The molecule has 1 aromatic rings. The molecule has 104 valence electrons. The lowest BCUT2D eigenvalue weighted by Crippen LogP contribution is -2.37. The van der Waals surface area contributed by atoms with Gasteiger partial charge in [0.15, 0.2) is 0 Å². The van der Waals surface area contributed by atoms with Crippen molar-refractivity contribution in [2.24, 2.45) is 5.14 Å². The van der Waals surface area contributed by atoms with Crippen molar-refractivity contribution >= 4 is 27.5 Å². The van der Waals surface area contributed by atoms with E-state index in [1.165, 1.54) is 43.1 Å². The molecule has 0 aliphatic carbocycles. The van der Waals surface area contributed by atoms with E-state index in [1.54, 1.807) is 0 Å². The highest BCUT2D eigenvalue weighted by atomic mass is 32.2. The number of hydrogen-bond acceptors (Lipinski definition) is 4. The minimum atomic E-state index is -3.75. The van der Waals surface area contributed by atoms with Gasteiger partial charge in [0.25, 0.3) is 0 Å². The normalized spacial score (nSPS) is 10.9. The summed E-state index contributed by atoms with van der Waals surface area (Å²) in [5.74, 6) is -0.620. The van der Waals surface area contributed by atoms with Crippen LogP contribution in [0.4, 0.5) is 5.69 Å². The molecule has 0 spiro atoms. The van der Waals surface area contributed by atoms with Gasteiger partial charge in [-0.3, -0.25) is 9.59 Å². The third-order valence-electron chi connectivity index (χ3n) is 2.42. The van der Waals surface area contributed by atoms with Crippen molar-refractivity contribution in [1.82, 2.24) is 5.32 Å². The molecule has 0 aliphatic heterocycles. The number of anilines is 1. The largest absolute Gasteiger partial charge is 0.347 e. The Hall–Kier alpha value is -1.93. The van der Waals surface area contributed by atoms with Gasteiger partial charge in [0.1, 0.15) is 0 Å². The van der Waals surface area contributed by atoms with Gasteiger partial charge >= 0.3 is 0 Å². The van der Waals surface area contributed by atoms with Gasteiger partial charge in [-0.05, 0) is 24.3 Å². The minimum Gasteiger partial charge on any atom is -0.347 e. The van der Waals surface area contributed by atoms with E-state index < -0.39 is 10.0 Å². The van der Waals surface area contributed by atoms with E-state index in [0.29, 0.717) is 5.69 Å². The lowest BCUT2D eigenvalue weighted by atomic mass is 10.3. The Kier molecular flexibility index (Phi) is 4.62. The molecule has 0 heterocycles. The van der Waals surface area contributed by atoms with Crippen molar-refractivity contribution in [3.8, 4) is 0 Å². The molecule has 0 aromatic heterocycles. The van der Waals surface area contributed by atoms with Crippen LogP contribution in [-0.2, 0) is 19.6 Å². The standard InChI is InChI=1S/C11H15N3O4S/c1-8(15)13-7-11(16)14(2)9-3-5-10(6-4-9)19(12,17)18/h3-6H,7H2,1-2H3,(H,13,15)(H2,12,17,18). The van der Waals surface area contributed by atoms with E-state index >= 15 is 0 Å². The molecule has 7 nitrogen and oxygen atoms in total. The topological polar surface area (TPSA) is 110 Å². The second kappa shape index (κ2) is 5.81. The second-order valence-corrected chi connectivity index (χ2v) is 5.46. The number of carbonyl (C=O) groups is 2. The molecular formula is C11H15N3O4S. The first-order valence-electron chi connectivity index (χ1n) is 5.35. The van der Waals surface area contributed by atoms with Crippen molar-refractivity contribution in [3.05, 3.63) is 24.3 Å². The van der Waals surface area contributed by atoms with E-state index in [9.17, 15) is 18.0 Å². The predicted octanol–water partition coefficient (Wildman–Crippen LogP) is -0.567. The zero-order chi connectivity index (χ0) is 14.6. The summed E-state index contributed by atoms with van der Waals surface area (Å²) in [6, 6.07) is 5.55. The number of benzene rings is 1. The number of rotatable bonds is 4. The molecule has 0 atom stereocenters. The van der Waals surface area contributed by atoms with E-state index in [0.717, 1.165) is 0 Å². The highest BCUT2D eigenvalue weighted by Gasteiger charge is 2.13. The van der Waals surface area contributed by atoms with Gasteiger partial charge in [0, 0.05) is 19.7 Å². The average molecular weight is 285 g/mol. The summed E-state index contributed by atoms with van der Waals surface area (Å²) in [6.45, 7) is 1.19. The Morgan fingerprint density at radius 1 is 1.26 bits per heavy atom. The van der Waals surface area contributed by atoms with Gasteiger partial charge in [-0.2, -0.15) is 0 Å². The number of hydrogen-bond donors (Lipinski definition) is 2. The van der Waals surface area contributed by atoms with Crippen LogP contribution in [0.15, 0.2) is 29.2 Å². The number of nitrogens with two attached hydrogens (primary N) is 1. The fourth-order valence-electron chi connectivity index (χ4n) is 1.32. The van der Waals surface area contributed by atoms with Gasteiger partial charge in [-0.1, -0.05) is 0 Å². The van der Waals surface area contributed by atoms with E-state index in [-0.39, 0.29) is 23.3 Å². The van der Waals surface area contributed by atoms with Crippen molar-refractivity contribution in [1.29, 1.82) is 0 Å². The minimum absolute atomic E-state index is 0.0287. The molecule has 1 aromatic carbocycles. The molecule has 0 aliphatic rings. The van der Waals surface area contributed by atoms with Crippen LogP contribution in [0.5, 0.6) is 0 Å². The average Bonchev–Trinajstić information content (AvgIpc) is 2.34. The highest BCUT2D eigenvalue weighted by molar-refractivity contribution is 7.89. The Bertz CT molecular complexity index is 580. The van der Waals surface area contributed by atoms with Gasteiger partial charge in [-0.25, -0.2) is 13.6 Å². The van der Waals surface area contributed by atoms with Crippen LogP contribution in [-0.4, -0.2) is 33.8 Å². The molecule has 0 radical (unpaired) electrons. The van der Waals surface area contributed by atoms with Crippen LogP contribution in [0.1, 0.15) is 6.92 Å². The van der Waals surface area contributed by atoms with Crippen LogP contribution >= 0.6 is 0 Å².